The summed E-state index contributed by atoms with van der Waals surface area (Å²) in [7, 11) is 3.87. The molecule has 0 spiro atoms. The van der Waals surface area contributed by atoms with Gasteiger partial charge in [0, 0.05) is 19.8 Å². The summed E-state index contributed by atoms with van der Waals surface area (Å²) in [5.74, 6) is 0.482. The first-order chi connectivity index (χ1) is 9.22. The Balaban J connectivity index is 0.00000220. The van der Waals surface area contributed by atoms with E-state index in [1.54, 1.807) is 4.90 Å². The van der Waals surface area contributed by atoms with Crippen molar-refractivity contribution in [3.63, 3.8) is 0 Å². The molecule has 4 N–H and O–H groups in total. The number of benzene rings is 1. The van der Waals surface area contributed by atoms with Gasteiger partial charge in [-0.1, -0.05) is 11.6 Å². The maximum Gasteiger partial charge on any atom is 0.220 e. The van der Waals surface area contributed by atoms with Crippen LogP contribution in [0.15, 0.2) is 28.2 Å². The highest BCUT2D eigenvalue weighted by Crippen LogP contribution is 2.33. The lowest BCUT2D eigenvalue weighted by Crippen LogP contribution is -2.54. The maximum absolute atomic E-state index is 6.30. The second-order valence-electron chi connectivity index (χ2n) is 5.30. The van der Waals surface area contributed by atoms with Crippen LogP contribution in [0.1, 0.15) is 13.8 Å². The Bertz CT molecular complexity index is 597. The molecule has 0 atom stereocenters. The Labute approximate surface area is 148 Å². The van der Waals surface area contributed by atoms with Crippen LogP contribution in [0.5, 0.6) is 0 Å². The predicted octanol–water partition coefficient (Wildman–Crippen LogP) is 2.44. The molecule has 1 aromatic carbocycles. The third-order valence-electron chi connectivity index (χ3n) is 3.06. The predicted molar refractivity (Wildman–Crippen MR) is 100 cm³/mol. The van der Waals surface area contributed by atoms with Crippen molar-refractivity contribution in [3.8, 4) is 0 Å². The molecule has 1 aromatic rings. The molecule has 0 unspecified atom stereocenters. The molecule has 0 aliphatic carbocycles. The molecule has 22 heavy (non-hydrogen) atoms. The van der Waals surface area contributed by atoms with Crippen molar-refractivity contribution in [2.45, 2.75) is 19.5 Å². The summed E-state index contributed by atoms with van der Waals surface area (Å²) in [6, 6.07) is 5.71. The lowest BCUT2D eigenvalue weighted by atomic mass is 10.1. The van der Waals surface area contributed by atoms with Gasteiger partial charge in [-0.15, -0.1) is 24.8 Å². The van der Waals surface area contributed by atoms with Gasteiger partial charge in [0.05, 0.1) is 10.7 Å². The normalized spacial score (nSPS) is 16.0. The van der Waals surface area contributed by atoms with E-state index in [1.807, 2.05) is 51.0 Å². The van der Waals surface area contributed by atoms with E-state index in [9.17, 15) is 0 Å². The molecule has 1 heterocycles. The molecule has 0 saturated heterocycles. The van der Waals surface area contributed by atoms with Crippen molar-refractivity contribution in [1.82, 2.24) is 0 Å². The van der Waals surface area contributed by atoms with Crippen LogP contribution in [0.2, 0.25) is 5.02 Å². The van der Waals surface area contributed by atoms with E-state index in [4.69, 9.17) is 23.1 Å². The van der Waals surface area contributed by atoms with Crippen molar-refractivity contribution < 1.29 is 0 Å². The zero-order valence-electron chi connectivity index (χ0n) is 12.9. The number of nitrogens with two attached hydrogens (primary N) is 2. The Hall–Kier alpha value is -1.37. The van der Waals surface area contributed by atoms with Gasteiger partial charge < -0.3 is 16.4 Å². The first kappa shape index (κ1) is 20.6. The number of aliphatic imine (C=N–C) groups is 2. The number of anilines is 2. The standard InChI is InChI=1S/C13H19ClN6.2ClH/c1-13(2)18-11(15)17-12(16)20(13)8-5-6-10(19(3)4)9(14)7-8;;/h5-7H,1-4H3,(H4,15,16,17,18);2*1H. The molecule has 124 valence electrons. The number of guanidine groups is 2. The van der Waals surface area contributed by atoms with E-state index >= 15 is 0 Å². The van der Waals surface area contributed by atoms with Crippen LogP contribution >= 0.6 is 36.4 Å². The molecule has 1 aliphatic rings. The molecule has 2 rings (SSSR count). The average Bonchev–Trinajstić information content (AvgIpc) is 2.25. The third-order valence-corrected chi connectivity index (χ3v) is 3.37. The quantitative estimate of drug-likeness (QED) is 0.841. The number of rotatable bonds is 2. The summed E-state index contributed by atoms with van der Waals surface area (Å²) in [5.41, 5.74) is 12.8. The average molecular weight is 368 g/mol. The van der Waals surface area contributed by atoms with Gasteiger partial charge in [0.15, 0.2) is 0 Å². The number of nitrogens with zero attached hydrogens (tertiary/aromatic N) is 4. The van der Waals surface area contributed by atoms with Gasteiger partial charge in [0.2, 0.25) is 11.9 Å². The van der Waals surface area contributed by atoms with Crippen molar-refractivity contribution >= 4 is 59.7 Å². The first-order valence-electron chi connectivity index (χ1n) is 6.19. The summed E-state index contributed by atoms with van der Waals surface area (Å²) in [6.45, 7) is 3.82. The number of hydrogen-bond donors (Lipinski definition) is 2. The van der Waals surface area contributed by atoms with Crippen molar-refractivity contribution in [3.05, 3.63) is 23.2 Å². The summed E-state index contributed by atoms with van der Waals surface area (Å²) >= 11 is 6.30. The zero-order chi connectivity index (χ0) is 15.1. The monoisotopic (exact) mass is 366 g/mol. The van der Waals surface area contributed by atoms with Crippen LogP contribution in [0.3, 0.4) is 0 Å². The van der Waals surface area contributed by atoms with E-state index in [2.05, 4.69) is 9.98 Å². The molecule has 0 saturated carbocycles. The van der Waals surface area contributed by atoms with Crippen molar-refractivity contribution in [2.24, 2.45) is 21.5 Å². The van der Waals surface area contributed by atoms with Crippen LogP contribution in [-0.4, -0.2) is 31.7 Å². The molecule has 0 aromatic heterocycles. The molecular weight excluding hydrogens is 347 g/mol. The van der Waals surface area contributed by atoms with Crippen LogP contribution < -0.4 is 21.3 Å². The largest absolute Gasteiger partial charge is 0.376 e. The minimum atomic E-state index is -0.612. The second kappa shape index (κ2) is 7.26. The van der Waals surface area contributed by atoms with Crippen LogP contribution in [-0.2, 0) is 0 Å². The van der Waals surface area contributed by atoms with Crippen molar-refractivity contribution in [2.75, 3.05) is 23.9 Å². The maximum atomic E-state index is 6.30. The molecule has 0 bridgehead atoms. The summed E-state index contributed by atoms with van der Waals surface area (Å²) in [4.78, 5) is 12.1. The lowest BCUT2D eigenvalue weighted by Gasteiger charge is -2.38. The van der Waals surface area contributed by atoms with Gasteiger partial charge in [-0.3, -0.25) is 4.90 Å². The topological polar surface area (TPSA) is 83.2 Å². The highest BCUT2D eigenvalue weighted by Gasteiger charge is 2.33. The zero-order valence-corrected chi connectivity index (χ0v) is 15.3. The van der Waals surface area contributed by atoms with E-state index in [-0.39, 0.29) is 30.8 Å². The second-order valence-corrected chi connectivity index (χ2v) is 5.71. The van der Waals surface area contributed by atoms with Gasteiger partial charge in [-0.05, 0) is 32.0 Å². The molecule has 0 amide bonds. The van der Waals surface area contributed by atoms with Crippen LogP contribution in [0, 0.1) is 0 Å². The lowest BCUT2D eigenvalue weighted by molar-refractivity contribution is 0.534. The summed E-state index contributed by atoms with van der Waals surface area (Å²) in [5, 5.41) is 0.638. The van der Waals surface area contributed by atoms with E-state index < -0.39 is 5.66 Å². The van der Waals surface area contributed by atoms with Crippen LogP contribution in [0.25, 0.3) is 0 Å². The smallest absolute Gasteiger partial charge is 0.220 e. The Morgan fingerprint density at radius 2 is 1.77 bits per heavy atom. The van der Waals surface area contributed by atoms with E-state index in [0.717, 1.165) is 11.4 Å². The van der Waals surface area contributed by atoms with Crippen molar-refractivity contribution in [1.29, 1.82) is 0 Å². The van der Waals surface area contributed by atoms with Gasteiger partial charge in [0.25, 0.3) is 0 Å². The fourth-order valence-corrected chi connectivity index (χ4v) is 2.59. The van der Waals surface area contributed by atoms with E-state index in [1.165, 1.54) is 0 Å². The summed E-state index contributed by atoms with van der Waals surface area (Å²) in [6.07, 6.45) is 0. The van der Waals surface area contributed by atoms with E-state index in [0.29, 0.717) is 11.0 Å². The molecule has 6 nitrogen and oxygen atoms in total. The van der Waals surface area contributed by atoms with Gasteiger partial charge >= 0.3 is 0 Å². The third kappa shape index (κ3) is 3.88. The fraction of sp³-hybridized carbons (Fsp3) is 0.385. The van der Waals surface area contributed by atoms with Gasteiger partial charge in [-0.2, -0.15) is 4.99 Å². The highest BCUT2D eigenvalue weighted by atomic mass is 35.5. The fourth-order valence-electron chi connectivity index (χ4n) is 2.25. The minimum absolute atomic E-state index is 0. The van der Waals surface area contributed by atoms with Gasteiger partial charge in [-0.25, -0.2) is 4.99 Å². The molecule has 1 aliphatic heterocycles. The van der Waals surface area contributed by atoms with Crippen LogP contribution in [0.4, 0.5) is 11.4 Å². The van der Waals surface area contributed by atoms with Gasteiger partial charge in [0.1, 0.15) is 5.66 Å². The Morgan fingerprint density at radius 1 is 1.18 bits per heavy atom. The SMILES string of the molecule is CN(C)c1ccc(N2C(N)=NC(N)=NC2(C)C)cc1Cl.Cl.Cl. The Morgan fingerprint density at radius 3 is 2.23 bits per heavy atom. The number of halogens is 3. The molecule has 0 radical (unpaired) electrons. The summed E-state index contributed by atoms with van der Waals surface area (Å²) < 4.78 is 0. The highest BCUT2D eigenvalue weighted by molar-refractivity contribution is 6.33. The minimum Gasteiger partial charge on any atom is -0.376 e. The molecule has 0 fully saturated rings. The molecule has 9 heteroatoms. The molecular formula is C13H21Cl3N6. The Kier molecular flexibility index (Phi) is 6.81. The first-order valence-corrected chi connectivity index (χ1v) is 6.57. The number of hydrogen-bond acceptors (Lipinski definition) is 6.